The average molecular weight is 489 g/mol. The summed E-state index contributed by atoms with van der Waals surface area (Å²) in [7, 11) is 0. The van der Waals surface area contributed by atoms with Crippen LogP contribution in [0.2, 0.25) is 5.02 Å². The maximum absolute atomic E-state index is 13.8. The van der Waals surface area contributed by atoms with Crippen LogP contribution in [0.25, 0.3) is 0 Å². The van der Waals surface area contributed by atoms with Crippen molar-refractivity contribution in [2.45, 2.75) is 64.1 Å². The lowest BCUT2D eigenvalue weighted by molar-refractivity contribution is -0.141. The number of nitrogens with zero attached hydrogens (tertiary/aromatic N) is 1. The summed E-state index contributed by atoms with van der Waals surface area (Å²) in [6.45, 7) is 2.36. The van der Waals surface area contributed by atoms with Crippen molar-refractivity contribution >= 4 is 23.4 Å². The van der Waals surface area contributed by atoms with Gasteiger partial charge in [0.25, 0.3) is 0 Å². The van der Waals surface area contributed by atoms with Gasteiger partial charge in [0.2, 0.25) is 11.8 Å². The van der Waals surface area contributed by atoms with Crippen molar-refractivity contribution in [3.05, 3.63) is 106 Å². The van der Waals surface area contributed by atoms with E-state index in [1.807, 2.05) is 85.8 Å². The molecule has 5 heteroatoms. The number of benzene rings is 3. The van der Waals surface area contributed by atoms with Crippen molar-refractivity contribution in [2.24, 2.45) is 0 Å². The van der Waals surface area contributed by atoms with Crippen molar-refractivity contribution in [1.29, 1.82) is 0 Å². The average Bonchev–Trinajstić information content (AvgIpc) is 3.37. The minimum Gasteiger partial charge on any atom is -0.352 e. The van der Waals surface area contributed by atoms with Gasteiger partial charge in [-0.1, -0.05) is 91.2 Å². The molecule has 0 saturated heterocycles. The monoisotopic (exact) mass is 488 g/mol. The molecule has 1 atom stereocenters. The Bertz CT molecular complexity index is 1120. The SMILES string of the molecule is Cc1ccccc1CC(=O)N(Cc1ccc(Cl)cc1)[C@H](Cc1ccccc1)C(=O)NC1CCCC1. The zero-order valence-corrected chi connectivity index (χ0v) is 21.0. The highest BCUT2D eigenvalue weighted by molar-refractivity contribution is 6.30. The number of aryl methyl sites for hydroxylation is 1. The van der Waals surface area contributed by atoms with E-state index in [1.165, 1.54) is 0 Å². The largest absolute Gasteiger partial charge is 0.352 e. The summed E-state index contributed by atoms with van der Waals surface area (Å²) in [6, 6.07) is 24.9. The van der Waals surface area contributed by atoms with Gasteiger partial charge in [0.15, 0.2) is 0 Å². The van der Waals surface area contributed by atoms with Crippen LogP contribution in [0.15, 0.2) is 78.9 Å². The number of hydrogen-bond acceptors (Lipinski definition) is 2. The van der Waals surface area contributed by atoms with E-state index in [-0.39, 0.29) is 24.3 Å². The molecule has 1 fully saturated rings. The molecule has 0 heterocycles. The van der Waals surface area contributed by atoms with Crippen LogP contribution in [0.5, 0.6) is 0 Å². The number of rotatable bonds is 9. The Kier molecular flexibility index (Phi) is 8.59. The number of carbonyl (C=O) groups is 2. The van der Waals surface area contributed by atoms with Crippen molar-refractivity contribution in [2.75, 3.05) is 0 Å². The van der Waals surface area contributed by atoms with Crippen molar-refractivity contribution in [1.82, 2.24) is 10.2 Å². The fraction of sp³-hybridized carbons (Fsp3) is 0.333. The highest BCUT2D eigenvalue weighted by Crippen LogP contribution is 2.21. The normalized spacial score (nSPS) is 14.5. The summed E-state index contributed by atoms with van der Waals surface area (Å²) < 4.78 is 0. The van der Waals surface area contributed by atoms with Crippen LogP contribution in [0, 0.1) is 6.92 Å². The van der Waals surface area contributed by atoms with Crippen molar-refractivity contribution in [3.8, 4) is 0 Å². The maximum Gasteiger partial charge on any atom is 0.243 e. The second kappa shape index (κ2) is 12.0. The molecular formula is C30H33ClN2O2. The molecule has 4 rings (SSSR count). The fourth-order valence-electron chi connectivity index (χ4n) is 4.78. The lowest BCUT2D eigenvalue weighted by Crippen LogP contribution is -2.52. The molecule has 1 aliphatic rings. The lowest BCUT2D eigenvalue weighted by atomic mass is 10.00. The molecule has 0 unspecified atom stereocenters. The number of halogens is 1. The van der Waals surface area contributed by atoms with Gasteiger partial charge in [-0.05, 0) is 54.2 Å². The van der Waals surface area contributed by atoms with Gasteiger partial charge in [-0.3, -0.25) is 9.59 Å². The molecular weight excluding hydrogens is 456 g/mol. The molecule has 0 aromatic heterocycles. The molecule has 0 radical (unpaired) electrons. The van der Waals surface area contributed by atoms with E-state index < -0.39 is 6.04 Å². The summed E-state index contributed by atoms with van der Waals surface area (Å²) in [5.41, 5.74) is 4.03. The van der Waals surface area contributed by atoms with E-state index in [0.717, 1.165) is 47.9 Å². The third-order valence-electron chi connectivity index (χ3n) is 6.84. The predicted molar refractivity (Wildman–Crippen MR) is 141 cm³/mol. The molecule has 182 valence electrons. The van der Waals surface area contributed by atoms with Gasteiger partial charge in [-0.2, -0.15) is 0 Å². The van der Waals surface area contributed by atoms with Crippen molar-refractivity contribution < 1.29 is 9.59 Å². The third kappa shape index (κ3) is 6.95. The molecule has 1 N–H and O–H groups in total. The van der Waals surface area contributed by atoms with Gasteiger partial charge in [0.1, 0.15) is 6.04 Å². The minimum absolute atomic E-state index is 0.0586. The molecule has 1 saturated carbocycles. The van der Waals surface area contributed by atoms with Gasteiger partial charge in [0.05, 0.1) is 6.42 Å². The van der Waals surface area contributed by atoms with Crippen LogP contribution >= 0.6 is 11.6 Å². The second-order valence-electron chi connectivity index (χ2n) is 9.45. The smallest absolute Gasteiger partial charge is 0.243 e. The molecule has 3 aromatic carbocycles. The maximum atomic E-state index is 13.8. The Hall–Kier alpha value is -3.11. The lowest BCUT2D eigenvalue weighted by Gasteiger charge is -2.32. The van der Waals surface area contributed by atoms with Crippen LogP contribution in [0.3, 0.4) is 0 Å². The standard InChI is InChI=1S/C30H33ClN2O2/c1-22-9-5-6-12-25(22)20-29(34)33(21-24-15-17-26(31)18-16-24)28(19-23-10-3-2-4-11-23)30(35)32-27-13-7-8-14-27/h2-6,9-12,15-18,27-28H,7-8,13-14,19-21H2,1H3,(H,32,35)/t28-/m1/s1. The first-order chi connectivity index (χ1) is 17.0. The zero-order valence-electron chi connectivity index (χ0n) is 20.3. The number of carbonyl (C=O) groups excluding carboxylic acids is 2. The number of amides is 2. The quantitative estimate of drug-likeness (QED) is 0.408. The Labute approximate surface area is 213 Å². The first kappa shape index (κ1) is 25.0. The number of hydrogen-bond donors (Lipinski definition) is 1. The van der Waals surface area contributed by atoms with E-state index in [1.54, 1.807) is 4.90 Å². The summed E-state index contributed by atoms with van der Waals surface area (Å²) >= 11 is 6.11. The summed E-state index contributed by atoms with van der Waals surface area (Å²) in [6.07, 6.45) is 4.98. The Morgan fingerprint density at radius 1 is 0.914 bits per heavy atom. The molecule has 4 nitrogen and oxygen atoms in total. The van der Waals surface area contributed by atoms with E-state index in [9.17, 15) is 9.59 Å². The fourth-order valence-corrected chi connectivity index (χ4v) is 4.91. The molecule has 0 aliphatic heterocycles. The van der Waals surface area contributed by atoms with Crippen LogP contribution in [-0.2, 0) is 29.0 Å². The topological polar surface area (TPSA) is 49.4 Å². The summed E-state index contributed by atoms with van der Waals surface area (Å²) in [4.78, 5) is 29.3. The Morgan fingerprint density at radius 3 is 2.26 bits per heavy atom. The van der Waals surface area contributed by atoms with Gasteiger partial charge < -0.3 is 10.2 Å². The third-order valence-corrected chi connectivity index (χ3v) is 7.09. The molecule has 1 aliphatic carbocycles. The Balaban J connectivity index is 1.66. The zero-order chi connectivity index (χ0) is 24.6. The molecule has 2 amide bonds. The highest BCUT2D eigenvalue weighted by Gasteiger charge is 2.32. The molecule has 35 heavy (non-hydrogen) atoms. The summed E-state index contributed by atoms with van der Waals surface area (Å²) in [5, 5.41) is 3.90. The summed E-state index contributed by atoms with van der Waals surface area (Å²) in [5.74, 6) is -0.135. The van der Waals surface area contributed by atoms with E-state index >= 15 is 0 Å². The van der Waals surface area contributed by atoms with E-state index in [4.69, 9.17) is 11.6 Å². The second-order valence-corrected chi connectivity index (χ2v) is 9.88. The Morgan fingerprint density at radius 2 is 1.57 bits per heavy atom. The van der Waals surface area contributed by atoms with Crippen LogP contribution in [0.1, 0.15) is 47.9 Å². The van der Waals surface area contributed by atoms with Gasteiger partial charge in [-0.15, -0.1) is 0 Å². The predicted octanol–water partition coefficient (Wildman–Crippen LogP) is 5.89. The van der Waals surface area contributed by atoms with Crippen LogP contribution in [-0.4, -0.2) is 28.8 Å². The van der Waals surface area contributed by atoms with E-state index in [0.29, 0.717) is 18.0 Å². The minimum atomic E-state index is -0.606. The van der Waals surface area contributed by atoms with Gasteiger partial charge >= 0.3 is 0 Å². The van der Waals surface area contributed by atoms with Gasteiger partial charge in [-0.25, -0.2) is 0 Å². The molecule has 0 bridgehead atoms. The highest BCUT2D eigenvalue weighted by atomic mass is 35.5. The molecule has 3 aromatic rings. The van der Waals surface area contributed by atoms with E-state index in [2.05, 4.69) is 5.32 Å². The first-order valence-electron chi connectivity index (χ1n) is 12.4. The number of nitrogens with one attached hydrogen (secondary N) is 1. The first-order valence-corrected chi connectivity index (χ1v) is 12.8. The molecule has 0 spiro atoms. The van der Waals surface area contributed by atoms with Crippen LogP contribution in [0.4, 0.5) is 0 Å². The van der Waals surface area contributed by atoms with Gasteiger partial charge in [0, 0.05) is 24.0 Å². The van der Waals surface area contributed by atoms with Crippen LogP contribution < -0.4 is 5.32 Å². The van der Waals surface area contributed by atoms with Crippen molar-refractivity contribution in [3.63, 3.8) is 0 Å².